The van der Waals surface area contributed by atoms with Gasteiger partial charge in [0.05, 0.1) is 5.69 Å². The van der Waals surface area contributed by atoms with E-state index in [1.165, 1.54) is 0 Å². The molecule has 0 aliphatic carbocycles. The molecule has 2 aromatic carbocycles. The highest BCUT2D eigenvalue weighted by atomic mass is 35.5. The maximum absolute atomic E-state index is 12.5. The molecule has 0 radical (unpaired) electrons. The molecule has 0 aromatic heterocycles. The van der Waals surface area contributed by atoms with Gasteiger partial charge in [0.2, 0.25) is 5.91 Å². The fourth-order valence-corrected chi connectivity index (χ4v) is 2.57. The Balaban J connectivity index is 0.00000208. The minimum Gasteiger partial charge on any atom is -0.455 e. The molecular weight excluding hydrogens is 324 g/mol. The molecule has 0 bridgehead atoms. The van der Waals surface area contributed by atoms with Crippen molar-refractivity contribution in [1.29, 1.82) is 0 Å². The van der Waals surface area contributed by atoms with E-state index < -0.39 is 0 Å². The van der Waals surface area contributed by atoms with Gasteiger partial charge in [-0.2, -0.15) is 0 Å². The van der Waals surface area contributed by atoms with Crippen molar-refractivity contribution in [1.82, 2.24) is 5.32 Å². The molecule has 2 aromatic rings. The van der Waals surface area contributed by atoms with Gasteiger partial charge in [-0.3, -0.25) is 4.79 Å². The smallest absolute Gasteiger partial charge is 0.227 e. The van der Waals surface area contributed by atoms with E-state index in [1.54, 1.807) is 0 Å². The van der Waals surface area contributed by atoms with Crippen LogP contribution < -0.4 is 15.4 Å². The molecule has 0 spiro atoms. The topological polar surface area (TPSA) is 50.4 Å². The first kappa shape index (κ1) is 18.3. The predicted molar refractivity (Wildman–Crippen MR) is 99.1 cm³/mol. The van der Waals surface area contributed by atoms with Crippen molar-refractivity contribution in [3.05, 3.63) is 54.1 Å². The molecule has 1 atom stereocenters. The number of benzene rings is 2. The van der Waals surface area contributed by atoms with Crippen LogP contribution in [0.1, 0.15) is 12.5 Å². The normalized spacial score (nSPS) is 14.9. The first-order chi connectivity index (χ1) is 11.1. The van der Waals surface area contributed by atoms with Crippen LogP contribution in [0.3, 0.4) is 0 Å². The molecule has 1 saturated heterocycles. The number of carbonyl (C=O) groups is 1. The Hall–Kier alpha value is -2.04. The summed E-state index contributed by atoms with van der Waals surface area (Å²) in [5, 5.41) is 6.24. The highest BCUT2D eigenvalue weighted by Gasteiger charge is 2.29. The molecule has 24 heavy (non-hydrogen) atoms. The molecule has 1 fully saturated rings. The largest absolute Gasteiger partial charge is 0.455 e. The molecule has 0 saturated carbocycles. The quantitative estimate of drug-likeness (QED) is 0.860. The average molecular weight is 347 g/mol. The second-order valence-electron chi connectivity index (χ2n) is 6.11. The third-order valence-electron chi connectivity index (χ3n) is 4.30. The van der Waals surface area contributed by atoms with Crippen LogP contribution in [0.5, 0.6) is 11.5 Å². The van der Waals surface area contributed by atoms with Gasteiger partial charge in [0.15, 0.2) is 5.75 Å². The molecule has 2 N–H and O–H groups in total. The van der Waals surface area contributed by atoms with Crippen LogP contribution >= 0.6 is 12.4 Å². The van der Waals surface area contributed by atoms with Crippen LogP contribution in [0.4, 0.5) is 5.69 Å². The first-order valence-electron chi connectivity index (χ1n) is 7.98. The SMILES string of the molecule is Cc1ccc(Oc2ccccc2)c(NC(=O)C(C)C2CNC2)c1.Cl. The first-order valence-corrected chi connectivity index (χ1v) is 7.98. The number of carbonyl (C=O) groups excluding carboxylic acids is 1. The van der Waals surface area contributed by atoms with E-state index in [0.29, 0.717) is 11.7 Å². The van der Waals surface area contributed by atoms with Gasteiger partial charge in [0, 0.05) is 5.92 Å². The number of nitrogens with one attached hydrogen (secondary N) is 2. The summed E-state index contributed by atoms with van der Waals surface area (Å²) in [5.74, 6) is 1.86. The van der Waals surface area contributed by atoms with Crippen LogP contribution in [-0.4, -0.2) is 19.0 Å². The lowest BCUT2D eigenvalue weighted by atomic mass is 9.88. The van der Waals surface area contributed by atoms with E-state index >= 15 is 0 Å². The van der Waals surface area contributed by atoms with Crippen LogP contribution in [0, 0.1) is 18.8 Å². The van der Waals surface area contributed by atoms with Crippen molar-refractivity contribution < 1.29 is 9.53 Å². The average Bonchev–Trinajstić information content (AvgIpc) is 2.49. The van der Waals surface area contributed by atoms with Crippen LogP contribution in [0.2, 0.25) is 0 Å². The third-order valence-corrected chi connectivity index (χ3v) is 4.30. The molecule has 4 nitrogen and oxygen atoms in total. The lowest BCUT2D eigenvalue weighted by molar-refractivity contribution is -0.121. The molecule has 1 heterocycles. The van der Waals surface area contributed by atoms with Gasteiger partial charge in [0.25, 0.3) is 0 Å². The van der Waals surface area contributed by atoms with Crippen molar-refractivity contribution >= 4 is 24.0 Å². The fourth-order valence-electron chi connectivity index (χ4n) is 2.57. The number of para-hydroxylation sites is 1. The Morgan fingerprint density at radius 3 is 2.54 bits per heavy atom. The monoisotopic (exact) mass is 346 g/mol. The van der Waals surface area contributed by atoms with Crippen LogP contribution in [-0.2, 0) is 4.79 Å². The second-order valence-corrected chi connectivity index (χ2v) is 6.11. The van der Waals surface area contributed by atoms with E-state index in [0.717, 1.165) is 30.1 Å². The summed E-state index contributed by atoms with van der Waals surface area (Å²) in [6.45, 7) is 5.81. The Bertz CT molecular complexity index is 687. The van der Waals surface area contributed by atoms with E-state index in [9.17, 15) is 4.79 Å². The Labute approximate surface area is 149 Å². The van der Waals surface area contributed by atoms with Crippen molar-refractivity contribution in [3.63, 3.8) is 0 Å². The second kappa shape index (κ2) is 8.18. The molecule has 5 heteroatoms. The molecule has 1 aliphatic rings. The molecule has 3 rings (SSSR count). The van der Waals surface area contributed by atoms with Crippen LogP contribution in [0.25, 0.3) is 0 Å². The summed E-state index contributed by atoms with van der Waals surface area (Å²) in [6.07, 6.45) is 0. The summed E-state index contributed by atoms with van der Waals surface area (Å²) in [6, 6.07) is 15.4. The summed E-state index contributed by atoms with van der Waals surface area (Å²) in [7, 11) is 0. The Kier molecular flexibility index (Phi) is 6.23. The van der Waals surface area contributed by atoms with Gasteiger partial charge in [-0.1, -0.05) is 31.2 Å². The zero-order valence-electron chi connectivity index (χ0n) is 13.9. The summed E-state index contributed by atoms with van der Waals surface area (Å²) < 4.78 is 5.92. The number of halogens is 1. The third kappa shape index (κ3) is 4.28. The van der Waals surface area contributed by atoms with Gasteiger partial charge >= 0.3 is 0 Å². The Morgan fingerprint density at radius 2 is 1.92 bits per heavy atom. The fraction of sp³-hybridized carbons (Fsp3) is 0.316. The molecular formula is C19H23ClN2O2. The van der Waals surface area contributed by atoms with Gasteiger partial charge < -0.3 is 15.4 Å². The van der Waals surface area contributed by atoms with Gasteiger partial charge in [-0.15, -0.1) is 12.4 Å². The van der Waals surface area contributed by atoms with Crippen molar-refractivity contribution in [2.24, 2.45) is 11.8 Å². The van der Waals surface area contributed by atoms with E-state index in [2.05, 4.69) is 10.6 Å². The predicted octanol–water partition coefficient (Wildman–Crippen LogP) is 4.00. The van der Waals surface area contributed by atoms with Crippen LogP contribution in [0.15, 0.2) is 48.5 Å². The summed E-state index contributed by atoms with van der Waals surface area (Å²) >= 11 is 0. The molecule has 1 aliphatic heterocycles. The number of amides is 1. The molecule has 128 valence electrons. The summed E-state index contributed by atoms with van der Waals surface area (Å²) in [5.41, 5.74) is 1.80. The molecule has 1 amide bonds. The zero-order valence-corrected chi connectivity index (χ0v) is 14.7. The highest BCUT2D eigenvalue weighted by molar-refractivity contribution is 5.94. The molecule has 1 unspecified atom stereocenters. The number of rotatable bonds is 5. The summed E-state index contributed by atoms with van der Waals surface area (Å²) in [4.78, 5) is 12.5. The van der Waals surface area contributed by atoms with Crippen molar-refractivity contribution in [2.45, 2.75) is 13.8 Å². The van der Waals surface area contributed by atoms with E-state index in [1.807, 2.05) is 62.4 Å². The van der Waals surface area contributed by atoms with E-state index in [4.69, 9.17) is 4.74 Å². The lowest BCUT2D eigenvalue weighted by Gasteiger charge is -2.31. The minimum absolute atomic E-state index is 0. The lowest BCUT2D eigenvalue weighted by Crippen LogP contribution is -2.48. The zero-order chi connectivity index (χ0) is 16.2. The number of hydrogen-bond donors (Lipinski definition) is 2. The number of ether oxygens (including phenoxy) is 1. The van der Waals surface area contributed by atoms with E-state index in [-0.39, 0.29) is 24.2 Å². The number of anilines is 1. The van der Waals surface area contributed by atoms with Crippen molar-refractivity contribution in [3.8, 4) is 11.5 Å². The van der Waals surface area contributed by atoms with Gasteiger partial charge in [0.1, 0.15) is 5.75 Å². The highest BCUT2D eigenvalue weighted by Crippen LogP contribution is 2.31. The number of aryl methyl sites for hydroxylation is 1. The maximum atomic E-state index is 12.5. The van der Waals surface area contributed by atoms with Gasteiger partial charge in [-0.05, 0) is 55.8 Å². The minimum atomic E-state index is -0.0127. The standard InChI is InChI=1S/C19H22N2O2.ClH/c1-13-8-9-18(23-16-6-4-3-5-7-16)17(10-13)21-19(22)14(2)15-11-20-12-15;/h3-10,14-15,20H,11-12H2,1-2H3,(H,21,22);1H. The number of hydrogen-bond acceptors (Lipinski definition) is 3. The maximum Gasteiger partial charge on any atom is 0.227 e. The Morgan fingerprint density at radius 1 is 1.21 bits per heavy atom. The van der Waals surface area contributed by atoms with Crippen molar-refractivity contribution in [2.75, 3.05) is 18.4 Å². The van der Waals surface area contributed by atoms with Gasteiger partial charge in [-0.25, -0.2) is 0 Å².